The molecule has 1 aromatic rings. The molecule has 1 aliphatic heterocycles. The molecule has 1 atom stereocenters. The molecule has 0 radical (unpaired) electrons. The Kier molecular flexibility index (Phi) is 8.52. The number of hydrogen-bond donors (Lipinski definition) is 2. The van der Waals surface area contributed by atoms with Crippen molar-refractivity contribution in [1.82, 2.24) is 9.62 Å². The highest BCUT2D eigenvalue weighted by molar-refractivity contribution is 7.99. The summed E-state index contributed by atoms with van der Waals surface area (Å²) in [7, 11) is -3.31. The monoisotopic (exact) mass is 393 g/mol. The highest BCUT2D eigenvalue weighted by Gasteiger charge is 2.24. The molecule has 0 aliphatic carbocycles. The summed E-state index contributed by atoms with van der Waals surface area (Å²) in [6, 6.07) is 6.61. The summed E-state index contributed by atoms with van der Waals surface area (Å²) in [5, 5.41) is 2.62. The summed E-state index contributed by atoms with van der Waals surface area (Å²) < 4.78 is 25.9. The van der Waals surface area contributed by atoms with Gasteiger partial charge in [-0.3, -0.25) is 4.79 Å². The van der Waals surface area contributed by atoms with Gasteiger partial charge in [0.25, 0.3) is 0 Å². The zero-order chi connectivity index (χ0) is 16.9. The Morgan fingerprint density at radius 3 is 2.46 bits per heavy atom. The average Bonchev–Trinajstić information content (AvgIpc) is 2.55. The van der Waals surface area contributed by atoms with Crippen molar-refractivity contribution in [2.75, 3.05) is 36.9 Å². The van der Waals surface area contributed by atoms with Gasteiger partial charge in [0.2, 0.25) is 15.9 Å². The fraction of sp³-hybridized carbons (Fsp3) is 0.533. The number of amides is 1. The van der Waals surface area contributed by atoms with Gasteiger partial charge in [-0.05, 0) is 12.5 Å². The Balaban J connectivity index is 0.00000288. The third-order valence-corrected chi connectivity index (χ3v) is 6.56. The molecule has 9 heteroatoms. The first-order chi connectivity index (χ1) is 10.9. The summed E-state index contributed by atoms with van der Waals surface area (Å²) in [5.74, 6) is 1.19. The molecule has 0 aromatic heterocycles. The minimum Gasteiger partial charge on any atom is -0.353 e. The Morgan fingerprint density at radius 2 is 1.88 bits per heavy atom. The van der Waals surface area contributed by atoms with Crippen LogP contribution in [-0.2, 0) is 14.8 Å². The zero-order valence-electron chi connectivity index (χ0n) is 13.6. The maximum Gasteiger partial charge on any atom is 0.241 e. The molecule has 2 rings (SSSR count). The van der Waals surface area contributed by atoms with Crippen molar-refractivity contribution in [2.24, 2.45) is 5.73 Å². The molecule has 1 heterocycles. The Labute approximate surface area is 154 Å². The minimum atomic E-state index is -3.31. The van der Waals surface area contributed by atoms with E-state index in [1.165, 1.54) is 4.31 Å². The molecule has 1 aliphatic rings. The predicted octanol–water partition coefficient (Wildman–Crippen LogP) is 0.911. The predicted molar refractivity (Wildman–Crippen MR) is 101 cm³/mol. The molecule has 1 fully saturated rings. The topological polar surface area (TPSA) is 92.5 Å². The number of rotatable bonds is 6. The fourth-order valence-corrected chi connectivity index (χ4v) is 4.78. The second-order valence-corrected chi connectivity index (χ2v) is 8.82. The molecule has 0 saturated carbocycles. The third-order valence-electron chi connectivity index (χ3n) is 3.74. The van der Waals surface area contributed by atoms with Crippen LogP contribution in [0.15, 0.2) is 24.3 Å². The molecule has 3 N–H and O–H groups in total. The van der Waals surface area contributed by atoms with E-state index in [1.807, 2.05) is 31.2 Å². The van der Waals surface area contributed by atoms with E-state index in [1.54, 1.807) is 11.8 Å². The SMILES string of the molecule is Cc1ccc(C(N)C(=O)NCCS(=O)(=O)N2CCSCC2)cc1.Cl. The Bertz CT molecular complexity index is 632. The van der Waals surface area contributed by atoms with Crippen LogP contribution >= 0.6 is 24.2 Å². The van der Waals surface area contributed by atoms with Crippen molar-refractivity contribution in [2.45, 2.75) is 13.0 Å². The van der Waals surface area contributed by atoms with E-state index in [9.17, 15) is 13.2 Å². The van der Waals surface area contributed by atoms with Crippen LogP contribution in [0.1, 0.15) is 17.2 Å². The molecule has 1 amide bonds. The zero-order valence-corrected chi connectivity index (χ0v) is 16.1. The van der Waals surface area contributed by atoms with Crippen molar-refractivity contribution >= 4 is 40.1 Å². The van der Waals surface area contributed by atoms with Crippen molar-refractivity contribution in [3.63, 3.8) is 0 Å². The fourth-order valence-electron chi connectivity index (χ4n) is 2.29. The number of nitrogens with two attached hydrogens (primary N) is 1. The second-order valence-electron chi connectivity index (χ2n) is 5.51. The molecular weight excluding hydrogens is 370 g/mol. The molecule has 136 valence electrons. The number of hydrogen-bond acceptors (Lipinski definition) is 5. The summed E-state index contributed by atoms with van der Waals surface area (Å²) >= 11 is 1.75. The van der Waals surface area contributed by atoms with Crippen LogP contribution in [0.5, 0.6) is 0 Å². The minimum absolute atomic E-state index is 0. The first-order valence-electron chi connectivity index (χ1n) is 7.55. The molecule has 0 spiro atoms. The normalized spacial score (nSPS) is 16.9. The van der Waals surface area contributed by atoms with E-state index in [0.717, 1.165) is 17.1 Å². The molecule has 6 nitrogen and oxygen atoms in total. The molecule has 0 bridgehead atoms. The van der Waals surface area contributed by atoms with Crippen molar-refractivity contribution in [3.8, 4) is 0 Å². The van der Waals surface area contributed by atoms with Crippen LogP contribution in [-0.4, -0.2) is 55.5 Å². The van der Waals surface area contributed by atoms with E-state index in [0.29, 0.717) is 18.7 Å². The maximum absolute atomic E-state index is 12.2. The van der Waals surface area contributed by atoms with Crippen LogP contribution in [0.3, 0.4) is 0 Å². The second kappa shape index (κ2) is 9.62. The number of nitrogens with zero attached hydrogens (tertiary/aromatic N) is 1. The van der Waals surface area contributed by atoms with E-state index in [2.05, 4.69) is 5.32 Å². The van der Waals surface area contributed by atoms with E-state index < -0.39 is 16.1 Å². The lowest BCUT2D eigenvalue weighted by atomic mass is 10.1. The van der Waals surface area contributed by atoms with Crippen LogP contribution < -0.4 is 11.1 Å². The first kappa shape index (κ1) is 21.2. The number of sulfonamides is 1. The lowest BCUT2D eigenvalue weighted by molar-refractivity contribution is -0.122. The number of halogens is 1. The molecule has 24 heavy (non-hydrogen) atoms. The highest BCUT2D eigenvalue weighted by atomic mass is 35.5. The quantitative estimate of drug-likeness (QED) is 0.749. The van der Waals surface area contributed by atoms with Gasteiger partial charge in [-0.2, -0.15) is 11.8 Å². The summed E-state index contributed by atoms with van der Waals surface area (Å²) in [6.45, 7) is 3.12. The van der Waals surface area contributed by atoms with Crippen molar-refractivity contribution < 1.29 is 13.2 Å². The molecule has 1 saturated heterocycles. The summed E-state index contributed by atoms with van der Waals surface area (Å²) in [5.41, 5.74) is 7.71. The number of aryl methyl sites for hydroxylation is 1. The standard InChI is InChI=1S/C15H23N3O3S2.ClH/c1-12-2-4-13(5-3-12)14(16)15(19)17-6-11-23(20,21)18-7-9-22-10-8-18;/h2-5,14H,6-11,16H2,1H3,(H,17,19);1H. The molecule has 1 aromatic carbocycles. The van der Waals surface area contributed by atoms with Gasteiger partial charge in [0.05, 0.1) is 5.75 Å². The van der Waals surface area contributed by atoms with Gasteiger partial charge >= 0.3 is 0 Å². The van der Waals surface area contributed by atoms with Gasteiger partial charge < -0.3 is 11.1 Å². The number of carbonyl (C=O) groups is 1. The van der Waals surface area contributed by atoms with Gasteiger partial charge in [-0.1, -0.05) is 29.8 Å². The van der Waals surface area contributed by atoms with Gasteiger partial charge in [0, 0.05) is 31.1 Å². The van der Waals surface area contributed by atoms with Gasteiger partial charge in [0.1, 0.15) is 6.04 Å². The third kappa shape index (κ3) is 5.93. The van der Waals surface area contributed by atoms with E-state index in [4.69, 9.17) is 5.73 Å². The van der Waals surface area contributed by atoms with Gasteiger partial charge in [0.15, 0.2) is 0 Å². The Morgan fingerprint density at radius 1 is 1.29 bits per heavy atom. The lowest BCUT2D eigenvalue weighted by Gasteiger charge is -2.25. The summed E-state index contributed by atoms with van der Waals surface area (Å²) in [4.78, 5) is 12.0. The number of thioether (sulfide) groups is 1. The van der Waals surface area contributed by atoms with Crippen LogP contribution in [0, 0.1) is 6.92 Å². The van der Waals surface area contributed by atoms with E-state index in [-0.39, 0.29) is 30.6 Å². The van der Waals surface area contributed by atoms with Crippen LogP contribution in [0.4, 0.5) is 0 Å². The number of carbonyl (C=O) groups excluding carboxylic acids is 1. The summed E-state index contributed by atoms with van der Waals surface area (Å²) in [6.07, 6.45) is 0. The van der Waals surface area contributed by atoms with Gasteiger partial charge in [-0.25, -0.2) is 12.7 Å². The smallest absolute Gasteiger partial charge is 0.241 e. The van der Waals surface area contributed by atoms with E-state index >= 15 is 0 Å². The molecule has 1 unspecified atom stereocenters. The van der Waals surface area contributed by atoms with Crippen LogP contribution in [0.25, 0.3) is 0 Å². The van der Waals surface area contributed by atoms with Crippen molar-refractivity contribution in [3.05, 3.63) is 35.4 Å². The van der Waals surface area contributed by atoms with Gasteiger partial charge in [-0.15, -0.1) is 12.4 Å². The largest absolute Gasteiger partial charge is 0.353 e. The Hall–Kier alpha value is -0.800. The molecular formula is C15H24ClN3O3S2. The van der Waals surface area contributed by atoms with Crippen LogP contribution in [0.2, 0.25) is 0 Å². The highest BCUT2D eigenvalue weighted by Crippen LogP contribution is 2.14. The maximum atomic E-state index is 12.2. The number of nitrogens with one attached hydrogen (secondary N) is 1. The first-order valence-corrected chi connectivity index (χ1v) is 10.3. The number of benzene rings is 1. The lowest BCUT2D eigenvalue weighted by Crippen LogP contribution is -2.43. The van der Waals surface area contributed by atoms with Crippen molar-refractivity contribution in [1.29, 1.82) is 0 Å². The average molecular weight is 394 g/mol.